The average molecular weight is 542 g/mol. The maximum Gasteiger partial charge on any atom is 0.191 e. The molecule has 1 unspecified atom stereocenters. The van der Waals surface area contributed by atoms with E-state index in [1.807, 2.05) is 16.8 Å². The Balaban J connectivity index is 0.00000341. The van der Waals surface area contributed by atoms with Gasteiger partial charge in [0, 0.05) is 37.9 Å². The van der Waals surface area contributed by atoms with E-state index in [0.717, 1.165) is 61.5 Å². The van der Waals surface area contributed by atoms with Gasteiger partial charge in [0.1, 0.15) is 5.82 Å². The van der Waals surface area contributed by atoms with Gasteiger partial charge in [-0.3, -0.25) is 4.99 Å². The SMILES string of the molecule is CCc1nc2n(n1)CC(NC(=NC)NCC(C)(C)c1ccc(OC)c(OC)c1)CC2.I. The fraction of sp³-hybridized carbons (Fsp3) is 0.591. The smallest absolute Gasteiger partial charge is 0.191 e. The van der Waals surface area contributed by atoms with E-state index in [2.05, 4.69) is 52.5 Å². The molecule has 0 aliphatic carbocycles. The lowest BCUT2D eigenvalue weighted by atomic mass is 9.84. The summed E-state index contributed by atoms with van der Waals surface area (Å²) >= 11 is 0. The standard InChI is InChI=1S/C22H34N6O2.HI/c1-7-19-26-20-11-9-16(13-28(20)27-19)25-21(23-4)24-14-22(2,3)15-8-10-17(29-5)18(12-15)30-6;/h8,10,12,16H,7,9,11,13-14H2,1-6H3,(H2,23,24,25);1H. The Kier molecular flexibility index (Phi) is 8.96. The van der Waals surface area contributed by atoms with Crippen molar-refractivity contribution in [3.05, 3.63) is 35.4 Å². The zero-order valence-electron chi connectivity index (χ0n) is 19.4. The molecule has 0 radical (unpaired) electrons. The number of benzene rings is 1. The molecular weight excluding hydrogens is 507 g/mol. The Labute approximate surface area is 202 Å². The lowest BCUT2D eigenvalue weighted by Crippen LogP contribution is -2.49. The highest BCUT2D eigenvalue weighted by molar-refractivity contribution is 14.0. The van der Waals surface area contributed by atoms with E-state index in [0.29, 0.717) is 0 Å². The third kappa shape index (κ3) is 6.02. The summed E-state index contributed by atoms with van der Waals surface area (Å²) in [6, 6.07) is 6.35. The van der Waals surface area contributed by atoms with Crippen molar-refractivity contribution in [3.8, 4) is 11.5 Å². The largest absolute Gasteiger partial charge is 0.493 e. The molecule has 0 fully saturated rings. The number of aliphatic imine (C=N–C) groups is 1. The van der Waals surface area contributed by atoms with Crippen molar-refractivity contribution in [3.63, 3.8) is 0 Å². The van der Waals surface area contributed by atoms with Gasteiger partial charge in [-0.15, -0.1) is 24.0 Å². The van der Waals surface area contributed by atoms with Crippen LogP contribution in [0.25, 0.3) is 0 Å². The van der Waals surface area contributed by atoms with Crippen LogP contribution in [0, 0.1) is 0 Å². The molecule has 31 heavy (non-hydrogen) atoms. The van der Waals surface area contributed by atoms with Crippen LogP contribution in [0.3, 0.4) is 0 Å². The summed E-state index contributed by atoms with van der Waals surface area (Å²) in [6.45, 7) is 8.01. The Morgan fingerprint density at radius 2 is 2.00 bits per heavy atom. The second-order valence-electron chi connectivity index (χ2n) is 8.24. The van der Waals surface area contributed by atoms with E-state index >= 15 is 0 Å². The summed E-state index contributed by atoms with van der Waals surface area (Å²) in [5.74, 6) is 4.28. The molecule has 3 rings (SSSR count). The number of methoxy groups -OCH3 is 2. The molecule has 0 saturated heterocycles. The number of ether oxygens (including phenoxy) is 2. The fourth-order valence-corrected chi connectivity index (χ4v) is 3.68. The van der Waals surface area contributed by atoms with Crippen LogP contribution in [-0.2, 0) is 24.8 Å². The highest BCUT2D eigenvalue weighted by Gasteiger charge is 2.25. The van der Waals surface area contributed by atoms with Gasteiger partial charge in [-0.05, 0) is 24.1 Å². The van der Waals surface area contributed by atoms with E-state index in [1.54, 1.807) is 21.3 Å². The molecule has 8 nitrogen and oxygen atoms in total. The van der Waals surface area contributed by atoms with Gasteiger partial charge in [0.25, 0.3) is 0 Å². The highest BCUT2D eigenvalue weighted by atomic mass is 127. The van der Waals surface area contributed by atoms with Gasteiger partial charge >= 0.3 is 0 Å². The summed E-state index contributed by atoms with van der Waals surface area (Å²) in [6.07, 6.45) is 2.81. The molecule has 0 bridgehead atoms. The van der Waals surface area contributed by atoms with E-state index in [-0.39, 0.29) is 35.4 Å². The molecule has 0 saturated carbocycles. The maximum atomic E-state index is 5.46. The molecule has 2 N–H and O–H groups in total. The molecule has 1 aliphatic rings. The number of aryl methyl sites for hydroxylation is 2. The van der Waals surface area contributed by atoms with E-state index < -0.39 is 0 Å². The summed E-state index contributed by atoms with van der Waals surface area (Å²) in [5.41, 5.74) is 1.04. The minimum atomic E-state index is -0.126. The topological polar surface area (TPSA) is 85.6 Å². The first-order chi connectivity index (χ1) is 14.4. The zero-order valence-corrected chi connectivity index (χ0v) is 21.7. The Hall–Kier alpha value is -2.04. The third-order valence-electron chi connectivity index (χ3n) is 5.65. The van der Waals surface area contributed by atoms with Gasteiger partial charge in [-0.2, -0.15) is 5.10 Å². The van der Waals surface area contributed by atoms with Crippen molar-refractivity contribution in [2.24, 2.45) is 4.99 Å². The van der Waals surface area contributed by atoms with Crippen LogP contribution in [0.2, 0.25) is 0 Å². The van der Waals surface area contributed by atoms with Gasteiger partial charge in [0.15, 0.2) is 23.3 Å². The third-order valence-corrected chi connectivity index (χ3v) is 5.65. The van der Waals surface area contributed by atoms with Crippen molar-refractivity contribution in [1.82, 2.24) is 25.4 Å². The maximum absolute atomic E-state index is 5.46. The monoisotopic (exact) mass is 542 g/mol. The zero-order chi connectivity index (χ0) is 21.7. The molecule has 1 aliphatic heterocycles. The van der Waals surface area contributed by atoms with E-state index in [4.69, 9.17) is 9.47 Å². The molecule has 2 heterocycles. The first-order valence-electron chi connectivity index (χ1n) is 10.5. The normalized spacial score (nSPS) is 16.2. The molecule has 1 atom stereocenters. The molecule has 2 aromatic rings. The van der Waals surface area contributed by atoms with Gasteiger partial charge < -0.3 is 20.1 Å². The number of rotatable bonds is 7. The van der Waals surface area contributed by atoms with E-state index in [9.17, 15) is 0 Å². The second-order valence-corrected chi connectivity index (χ2v) is 8.24. The Morgan fingerprint density at radius 3 is 2.65 bits per heavy atom. The minimum Gasteiger partial charge on any atom is -0.493 e. The number of nitrogens with one attached hydrogen (secondary N) is 2. The van der Waals surface area contributed by atoms with Gasteiger partial charge in [-0.1, -0.05) is 26.8 Å². The summed E-state index contributed by atoms with van der Waals surface area (Å²) in [4.78, 5) is 9.01. The fourth-order valence-electron chi connectivity index (χ4n) is 3.68. The van der Waals surface area contributed by atoms with Crippen LogP contribution in [-0.4, -0.2) is 54.6 Å². The van der Waals surface area contributed by atoms with Crippen LogP contribution in [0.5, 0.6) is 11.5 Å². The lowest BCUT2D eigenvalue weighted by Gasteiger charge is -2.29. The number of halogens is 1. The van der Waals surface area contributed by atoms with Crippen LogP contribution in [0.15, 0.2) is 23.2 Å². The van der Waals surface area contributed by atoms with E-state index in [1.165, 1.54) is 5.56 Å². The molecule has 1 aromatic carbocycles. The van der Waals surface area contributed by atoms with Crippen molar-refractivity contribution >= 4 is 29.9 Å². The van der Waals surface area contributed by atoms with Crippen LogP contribution < -0.4 is 20.1 Å². The summed E-state index contributed by atoms with van der Waals surface area (Å²) in [7, 11) is 5.11. The molecular formula is C22H35IN6O2. The first kappa shape index (κ1) is 25.2. The van der Waals surface area contributed by atoms with Crippen LogP contribution >= 0.6 is 24.0 Å². The minimum absolute atomic E-state index is 0. The predicted octanol–water partition coefficient (Wildman–Crippen LogP) is 2.93. The van der Waals surface area contributed by atoms with Crippen molar-refractivity contribution in [2.45, 2.75) is 58.0 Å². The van der Waals surface area contributed by atoms with Crippen LogP contribution in [0.1, 0.15) is 44.4 Å². The number of nitrogens with zero attached hydrogens (tertiary/aromatic N) is 4. The molecule has 0 amide bonds. The molecule has 9 heteroatoms. The number of hydrogen-bond acceptors (Lipinski definition) is 5. The van der Waals surface area contributed by atoms with Crippen molar-refractivity contribution in [2.75, 3.05) is 27.8 Å². The predicted molar refractivity (Wildman–Crippen MR) is 134 cm³/mol. The average Bonchev–Trinajstić information content (AvgIpc) is 3.18. The number of guanidine groups is 1. The molecule has 172 valence electrons. The van der Waals surface area contributed by atoms with Gasteiger partial charge in [0.05, 0.1) is 20.8 Å². The second kappa shape index (κ2) is 11.0. The van der Waals surface area contributed by atoms with Gasteiger partial charge in [0.2, 0.25) is 0 Å². The van der Waals surface area contributed by atoms with Crippen molar-refractivity contribution in [1.29, 1.82) is 0 Å². The Bertz CT molecular complexity index is 896. The Morgan fingerprint density at radius 1 is 1.26 bits per heavy atom. The molecule has 1 aromatic heterocycles. The highest BCUT2D eigenvalue weighted by Crippen LogP contribution is 2.32. The number of aromatic nitrogens is 3. The number of fused-ring (bicyclic) bond motifs is 1. The quantitative estimate of drug-likeness (QED) is 0.318. The first-order valence-corrected chi connectivity index (χ1v) is 10.5. The van der Waals surface area contributed by atoms with Crippen molar-refractivity contribution < 1.29 is 9.47 Å². The number of hydrogen-bond donors (Lipinski definition) is 2. The summed E-state index contributed by atoms with van der Waals surface area (Å²) in [5, 5.41) is 11.6. The lowest BCUT2D eigenvalue weighted by molar-refractivity contribution is 0.353. The van der Waals surface area contributed by atoms with Crippen LogP contribution in [0.4, 0.5) is 0 Å². The summed E-state index contributed by atoms with van der Waals surface area (Å²) < 4.78 is 12.8. The van der Waals surface area contributed by atoms with Gasteiger partial charge in [-0.25, -0.2) is 9.67 Å². The molecule has 0 spiro atoms.